The van der Waals surface area contributed by atoms with Crippen LogP contribution in [0.3, 0.4) is 0 Å². The molecule has 2 N–H and O–H groups in total. The fourth-order valence-electron chi connectivity index (χ4n) is 3.53. The van der Waals surface area contributed by atoms with Crippen molar-refractivity contribution in [1.82, 2.24) is 20.1 Å². The molecule has 0 bridgehead atoms. The Morgan fingerprint density at radius 3 is 2.75 bits per heavy atom. The number of hydrogen-bond donors (Lipinski definition) is 2. The van der Waals surface area contributed by atoms with Crippen LogP contribution < -0.4 is 5.32 Å². The number of carbonyl (C=O) groups excluding carboxylic acids is 2. The number of nitrogens with one attached hydrogen (secondary N) is 1. The Morgan fingerprint density at radius 1 is 1.29 bits per heavy atom. The van der Waals surface area contributed by atoms with Gasteiger partial charge in [-0.25, -0.2) is 9.78 Å². The van der Waals surface area contributed by atoms with Crippen molar-refractivity contribution >= 4 is 12.0 Å². The quantitative estimate of drug-likeness (QED) is 0.796. The third-order valence-corrected chi connectivity index (χ3v) is 4.88. The van der Waals surface area contributed by atoms with Gasteiger partial charge in [0.15, 0.2) is 0 Å². The molecule has 0 aliphatic carbocycles. The summed E-state index contributed by atoms with van der Waals surface area (Å²) in [6.45, 7) is 8.31. The van der Waals surface area contributed by atoms with Crippen LogP contribution in [-0.4, -0.2) is 76.3 Å². The van der Waals surface area contributed by atoms with Crippen molar-refractivity contribution in [2.75, 3.05) is 32.7 Å². The van der Waals surface area contributed by atoms with Gasteiger partial charge in [-0.05, 0) is 52.3 Å². The van der Waals surface area contributed by atoms with Crippen LogP contribution in [-0.2, 0) is 4.74 Å². The van der Waals surface area contributed by atoms with E-state index in [1.807, 2.05) is 26.8 Å². The van der Waals surface area contributed by atoms with Crippen LogP contribution in [0.5, 0.6) is 0 Å². The summed E-state index contributed by atoms with van der Waals surface area (Å²) in [6.07, 6.45) is 0.563. The van der Waals surface area contributed by atoms with Gasteiger partial charge in [0, 0.05) is 26.2 Å². The highest BCUT2D eigenvalue weighted by atomic mass is 16.6. The molecule has 2 atom stereocenters. The molecule has 3 heterocycles. The van der Waals surface area contributed by atoms with E-state index in [0.717, 1.165) is 13.0 Å². The van der Waals surface area contributed by atoms with Crippen molar-refractivity contribution in [3.05, 3.63) is 29.6 Å². The van der Waals surface area contributed by atoms with Crippen molar-refractivity contribution in [1.29, 1.82) is 0 Å². The second-order valence-electron chi connectivity index (χ2n) is 8.39. The van der Waals surface area contributed by atoms with Gasteiger partial charge >= 0.3 is 6.09 Å². The molecular formula is C20H30N4O4. The molecule has 1 aromatic heterocycles. The minimum atomic E-state index is -0.580. The molecule has 0 aromatic carbocycles. The molecule has 0 radical (unpaired) electrons. The average Bonchev–Trinajstić information content (AvgIpc) is 2.91. The summed E-state index contributed by atoms with van der Waals surface area (Å²) in [4.78, 5) is 33.4. The van der Waals surface area contributed by atoms with Crippen molar-refractivity contribution in [2.24, 2.45) is 0 Å². The lowest BCUT2D eigenvalue weighted by Gasteiger charge is -2.32. The van der Waals surface area contributed by atoms with Gasteiger partial charge in [0.05, 0.1) is 17.8 Å². The first-order valence-corrected chi connectivity index (χ1v) is 9.89. The topological polar surface area (TPSA) is 95.0 Å². The van der Waals surface area contributed by atoms with Crippen molar-refractivity contribution in [3.63, 3.8) is 0 Å². The van der Waals surface area contributed by atoms with Crippen LogP contribution in [0.25, 0.3) is 0 Å². The lowest BCUT2D eigenvalue weighted by atomic mass is 10.1. The highest BCUT2D eigenvalue weighted by Crippen LogP contribution is 2.24. The zero-order chi connectivity index (χ0) is 20.3. The summed E-state index contributed by atoms with van der Waals surface area (Å²) in [5, 5.41) is 13.0. The molecule has 2 amide bonds. The van der Waals surface area contributed by atoms with Crippen LogP contribution in [0.2, 0.25) is 0 Å². The Kier molecular flexibility index (Phi) is 6.20. The number of rotatable bonds is 2. The SMILES string of the molecule is CC(C)(C)OC(=O)N1CCCNCC1c1cccc(C(=O)N2CC[C@@H](O)C2)n1. The molecule has 0 spiro atoms. The molecule has 154 valence electrons. The van der Waals surface area contributed by atoms with Gasteiger partial charge in [0.1, 0.15) is 11.3 Å². The Bertz CT molecular complexity index is 718. The maximum absolute atomic E-state index is 12.8. The molecule has 8 nitrogen and oxygen atoms in total. The second kappa shape index (κ2) is 8.45. The van der Waals surface area contributed by atoms with Crippen LogP contribution in [0, 0.1) is 0 Å². The molecule has 8 heteroatoms. The van der Waals surface area contributed by atoms with Gasteiger partial charge in [-0.15, -0.1) is 0 Å². The summed E-state index contributed by atoms with van der Waals surface area (Å²) in [5.41, 5.74) is 0.411. The fraction of sp³-hybridized carbons (Fsp3) is 0.650. The normalized spacial score (nSPS) is 23.4. The van der Waals surface area contributed by atoms with E-state index >= 15 is 0 Å². The number of aliphatic hydroxyl groups is 1. The minimum absolute atomic E-state index is 0.191. The Hall–Kier alpha value is -2.19. The van der Waals surface area contributed by atoms with E-state index in [2.05, 4.69) is 10.3 Å². The number of aromatic nitrogens is 1. The van der Waals surface area contributed by atoms with Gasteiger partial charge in [0.2, 0.25) is 0 Å². The van der Waals surface area contributed by atoms with E-state index in [1.165, 1.54) is 0 Å². The van der Waals surface area contributed by atoms with Crippen LogP contribution in [0.1, 0.15) is 55.8 Å². The molecular weight excluding hydrogens is 360 g/mol. The van der Waals surface area contributed by atoms with Gasteiger partial charge in [-0.2, -0.15) is 0 Å². The van der Waals surface area contributed by atoms with Gasteiger partial charge in [-0.1, -0.05) is 6.07 Å². The first kappa shape index (κ1) is 20.5. The number of hydrogen-bond acceptors (Lipinski definition) is 6. The van der Waals surface area contributed by atoms with Crippen LogP contribution in [0.15, 0.2) is 18.2 Å². The van der Waals surface area contributed by atoms with E-state index in [0.29, 0.717) is 44.0 Å². The maximum atomic E-state index is 12.8. The highest BCUT2D eigenvalue weighted by Gasteiger charge is 2.32. The zero-order valence-electron chi connectivity index (χ0n) is 16.9. The van der Waals surface area contributed by atoms with Gasteiger partial charge < -0.3 is 20.1 Å². The standard InChI is InChI=1S/C20H30N4O4/c1-20(2,3)28-19(27)24-10-5-9-21-12-17(24)15-6-4-7-16(22-15)18(26)23-11-8-14(25)13-23/h4,6-7,14,17,21,25H,5,8-13H2,1-3H3/t14-,17?/m1/s1. The highest BCUT2D eigenvalue weighted by molar-refractivity contribution is 5.92. The Labute approximate surface area is 165 Å². The van der Waals surface area contributed by atoms with E-state index in [4.69, 9.17) is 4.74 Å². The number of carbonyl (C=O) groups is 2. The smallest absolute Gasteiger partial charge is 0.410 e. The van der Waals surface area contributed by atoms with Crippen molar-refractivity contribution < 1.29 is 19.4 Å². The molecule has 2 aliphatic rings. The van der Waals surface area contributed by atoms with Gasteiger partial charge in [-0.3, -0.25) is 9.69 Å². The third-order valence-electron chi connectivity index (χ3n) is 4.88. The second-order valence-corrected chi connectivity index (χ2v) is 8.39. The summed E-state index contributed by atoms with van der Waals surface area (Å²) < 4.78 is 5.58. The molecule has 3 rings (SSSR count). The monoisotopic (exact) mass is 390 g/mol. The van der Waals surface area contributed by atoms with Crippen LogP contribution in [0.4, 0.5) is 4.79 Å². The van der Waals surface area contributed by atoms with Crippen molar-refractivity contribution in [3.8, 4) is 0 Å². The molecule has 2 saturated heterocycles. The van der Waals surface area contributed by atoms with E-state index in [-0.39, 0.29) is 18.0 Å². The molecule has 2 aliphatic heterocycles. The summed E-state index contributed by atoms with van der Waals surface area (Å²) in [7, 11) is 0. The maximum Gasteiger partial charge on any atom is 0.410 e. The van der Waals surface area contributed by atoms with Crippen molar-refractivity contribution in [2.45, 2.75) is 51.4 Å². The number of amides is 2. The van der Waals surface area contributed by atoms with E-state index in [9.17, 15) is 14.7 Å². The Morgan fingerprint density at radius 2 is 2.07 bits per heavy atom. The number of likely N-dealkylation sites (tertiary alicyclic amines) is 1. The molecule has 1 unspecified atom stereocenters. The van der Waals surface area contributed by atoms with E-state index < -0.39 is 11.7 Å². The number of β-amino-alcohol motifs (C(OH)–C–C–N with tert-alkyl or cyclic N) is 1. The Balaban J connectivity index is 1.82. The predicted octanol–water partition coefficient (Wildman–Crippen LogP) is 1.56. The number of nitrogens with zero attached hydrogens (tertiary/aromatic N) is 3. The minimum Gasteiger partial charge on any atom is -0.444 e. The molecule has 28 heavy (non-hydrogen) atoms. The third kappa shape index (κ3) is 4.99. The summed E-state index contributed by atoms with van der Waals surface area (Å²) in [5.74, 6) is -0.191. The average molecular weight is 390 g/mol. The van der Waals surface area contributed by atoms with Crippen LogP contribution >= 0.6 is 0 Å². The fourth-order valence-corrected chi connectivity index (χ4v) is 3.53. The molecule has 1 aromatic rings. The lowest BCUT2D eigenvalue weighted by Crippen LogP contribution is -2.41. The number of aliphatic hydroxyl groups excluding tert-OH is 1. The number of ether oxygens (including phenoxy) is 1. The first-order chi connectivity index (χ1) is 13.2. The number of pyridine rings is 1. The predicted molar refractivity (Wildman–Crippen MR) is 104 cm³/mol. The first-order valence-electron chi connectivity index (χ1n) is 9.89. The van der Waals surface area contributed by atoms with E-state index in [1.54, 1.807) is 21.9 Å². The largest absolute Gasteiger partial charge is 0.444 e. The molecule has 2 fully saturated rings. The summed E-state index contributed by atoms with van der Waals surface area (Å²) >= 11 is 0. The molecule has 0 saturated carbocycles. The van der Waals surface area contributed by atoms with Gasteiger partial charge in [0.25, 0.3) is 5.91 Å². The summed E-state index contributed by atoms with van der Waals surface area (Å²) in [6, 6.07) is 5.00. The lowest BCUT2D eigenvalue weighted by molar-refractivity contribution is 0.0170. The zero-order valence-corrected chi connectivity index (χ0v) is 16.9.